The van der Waals surface area contributed by atoms with Crippen molar-refractivity contribution in [1.29, 1.82) is 0 Å². The first-order valence-corrected chi connectivity index (χ1v) is 10.2. The van der Waals surface area contributed by atoms with E-state index in [1.807, 2.05) is 4.90 Å². The third-order valence-electron chi connectivity index (χ3n) is 5.08. The van der Waals surface area contributed by atoms with Crippen LogP contribution in [0.25, 0.3) is 0 Å². The molecule has 1 aliphatic heterocycles. The van der Waals surface area contributed by atoms with Gasteiger partial charge in [-0.1, -0.05) is 12.1 Å². The second kappa shape index (κ2) is 10.2. The van der Waals surface area contributed by atoms with Crippen LogP contribution >= 0.6 is 0 Å². The fourth-order valence-electron chi connectivity index (χ4n) is 3.36. The van der Waals surface area contributed by atoms with Gasteiger partial charge in [-0.2, -0.15) is 0 Å². The molecule has 1 atom stereocenters. The highest BCUT2D eigenvalue weighted by Gasteiger charge is 2.27. The Bertz CT molecular complexity index is 940. The average Bonchev–Trinajstić information content (AvgIpc) is 2.75. The van der Waals surface area contributed by atoms with Gasteiger partial charge in [0.05, 0.1) is 6.54 Å². The number of Topliss-reactive ketones (excluding diaryl/α,β-unsaturated/α-hetero) is 1. The van der Waals surface area contributed by atoms with E-state index in [-0.39, 0.29) is 30.0 Å². The van der Waals surface area contributed by atoms with Gasteiger partial charge in [0.15, 0.2) is 11.9 Å². The molecule has 2 aromatic rings. The standard InChI is InChI=1S/C23H26FN3O4/c1-16(28)18-4-3-5-21(14-18)31-17(2)23(30)27-12-10-26(11-13-27)15-22(29)25-20-8-6-19(24)7-9-20/h3-9,14,17H,10-13,15H2,1-2H3,(H,25,29). The first-order chi connectivity index (χ1) is 14.8. The normalized spacial score (nSPS) is 15.3. The zero-order valence-corrected chi connectivity index (χ0v) is 17.6. The summed E-state index contributed by atoms with van der Waals surface area (Å²) < 4.78 is 18.7. The third kappa shape index (κ3) is 6.36. The van der Waals surface area contributed by atoms with E-state index in [1.165, 1.54) is 31.2 Å². The lowest BCUT2D eigenvalue weighted by Gasteiger charge is -2.35. The number of hydrogen-bond acceptors (Lipinski definition) is 5. The average molecular weight is 427 g/mol. The van der Waals surface area contributed by atoms with E-state index < -0.39 is 6.10 Å². The van der Waals surface area contributed by atoms with Gasteiger partial charge in [-0.05, 0) is 50.2 Å². The van der Waals surface area contributed by atoms with E-state index in [4.69, 9.17) is 4.74 Å². The van der Waals surface area contributed by atoms with Crippen molar-refractivity contribution in [2.75, 3.05) is 38.0 Å². The summed E-state index contributed by atoms with van der Waals surface area (Å²) >= 11 is 0. The predicted molar refractivity (Wildman–Crippen MR) is 115 cm³/mol. The number of nitrogens with zero attached hydrogens (tertiary/aromatic N) is 2. The molecule has 1 aliphatic rings. The minimum absolute atomic E-state index is 0.0657. The number of piperazine rings is 1. The molecule has 1 saturated heterocycles. The van der Waals surface area contributed by atoms with Crippen LogP contribution in [0.4, 0.5) is 10.1 Å². The minimum Gasteiger partial charge on any atom is -0.481 e. The number of carbonyl (C=O) groups excluding carboxylic acids is 3. The van der Waals surface area contributed by atoms with Crippen molar-refractivity contribution in [2.45, 2.75) is 20.0 Å². The fourth-order valence-corrected chi connectivity index (χ4v) is 3.36. The molecule has 0 radical (unpaired) electrons. The van der Waals surface area contributed by atoms with Crippen LogP contribution in [0.5, 0.6) is 5.75 Å². The Morgan fingerprint density at radius 2 is 1.74 bits per heavy atom. The highest BCUT2D eigenvalue weighted by molar-refractivity contribution is 5.94. The third-order valence-corrected chi connectivity index (χ3v) is 5.08. The second-order valence-corrected chi connectivity index (χ2v) is 7.50. The van der Waals surface area contributed by atoms with Crippen LogP contribution in [0.15, 0.2) is 48.5 Å². The first-order valence-electron chi connectivity index (χ1n) is 10.2. The number of amides is 2. The number of rotatable bonds is 7. The zero-order valence-electron chi connectivity index (χ0n) is 17.6. The van der Waals surface area contributed by atoms with Crippen molar-refractivity contribution in [3.05, 3.63) is 59.9 Å². The molecule has 1 heterocycles. The molecule has 2 aromatic carbocycles. The number of ketones is 1. The molecule has 0 aliphatic carbocycles. The maximum Gasteiger partial charge on any atom is 0.263 e. The lowest BCUT2D eigenvalue weighted by molar-refractivity contribution is -0.139. The highest BCUT2D eigenvalue weighted by Crippen LogP contribution is 2.17. The second-order valence-electron chi connectivity index (χ2n) is 7.50. The summed E-state index contributed by atoms with van der Waals surface area (Å²) in [5, 5.41) is 2.74. The number of hydrogen-bond donors (Lipinski definition) is 1. The minimum atomic E-state index is -0.685. The van der Waals surface area contributed by atoms with Crippen LogP contribution in [0.2, 0.25) is 0 Å². The molecule has 3 rings (SSSR count). The summed E-state index contributed by atoms with van der Waals surface area (Å²) in [7, 11) is 0. The van der Waals surface area contributed by atoms with E-state index >= 15 is 0 Å². The SMILES string of the molecule is CC(=O)c1cccc(OC(C)C(=O)N2CCN(CC(=O)Nc3ccc(F)cc3)CC2)c1. The molecule has 7 nitrogen and oxygen atoms in total. The summed E-state index contributed by atoms with van der Waals surface area (Å²) in [6.45, 7) is 5.47. The topological polar surface area (TPSA) is 79.0 Å². The molecule has 1 unspecified atom stereocenters. The van der Waals surface area contributed by atoms with E-state index in [9.17, 15) is 18.8 Å². The highest BCUT2D eigenvalue weighted by atomic mass is 19.1. The largest absolute Gasteiger partial charge is 0.481 e. The van der Waals surface area contributed by atoms with Gasteiger partial charge in [-0.15, -0.1) is 0 Å². The zero-order chi connectivity index (χ0) is 22.4. The van der Waals surface area contributed by atoms with Gasteiger partial charge < -0.3 is 15.0 Å². The molecular weight excluding hydrogens is 401 g/mol. The number of ether oxygens (including phenoxy) is 1. The summed E-state index contributed by atoms with van der Waals surface area (Å²) in [5.41, 5.74) is 1.07. The molecule has 1 N–H and O–H groups in total. The number of halogens is 1. The van der Waals surface area contributed by atoms with E-state index in [1.54, 1.807) is 36.1 Å². The maximum absolute atomic E-state index is 13.0. The summed E-state index contributed by atoms with van der Waals surface area (Å²) in [6, 6.07) is 12.4. The smallest absolute Gasteiger partial charge is 0.263 e. The molecule has 2 amide bonds. The van der Waals surface area contributed by atoms with E-state index in [2.05, 4.69) is 5.32 Å². The quantitative estimate of drug-likeness (QED) is 0.687. The molecule has 164 valence electrons. The number of benzene rings is 2. The molecule has 1 fully saturated rings. The van der Waals surface area contributed by atoms with E-state index in [0.717, 1.165) is 0 Å². The Morgan fingerprint density at radius 3 is 2.39 bits per heavy atom. The van der Waals surface area contributed by atoms with Crippen molar-refractivity contribution in [3.63, 3.8) is 0 Å². The van der Waals surface area contributed by atoms with E-state index in [0.29, 0.717) is 43.2 Å². The van der Waals surface area contributed by atoms with Crippen molar-refractivity contribution < 1.29 is 23.5 Å². The van der Waals surface area contributed by atoms with Gasteiger partial charge in [-0.3, -0.25) is 19.3 Å². The number of nitrogens with one attached hydrogen (secondary N) is 1. The molecule has 31 heavy (non-hydrogen) atoms. The molecule has 0 spiro atoms. The van der Waals surface area contributed by atoms with Gasteiger partial charge in [0.1, 0.15) is 11.6 Å². The van der Waals surface area contributed by atoms with Crippen LogP contribution in [-0.4, -0.2) is 66.2 Å². The van der Waals surface area contributed by atoms with Crippen molar-refractivity contribution in [3.8, 4) is 5.75 Å². The number of anilines is 1. The molecule has 0 aromatic heterocycles. The molecule has 8 heteroatoms. The Morgan fingerprint density at radius 1 is 1.06 bits per heavy atom. The Labute approximate surface area is 180 Å². The van der Waals surface area contributed by atoms with Gasteiger partial charge in [0.25, 0.3) is 5.91 Å². The predicted octanol–water partition coefficient (Wildman–Crippen LogP) is 2.58. The molecule has 0 saturated carbocycles. The Kier molecular flexibility index (Phi) is 7.36. The van der Waals surface area contributed by atoms with Crippen molar-refractivity contribution in [2.24, 2.45) is 0 Å². The van der Waals surface area contributed by atoms with Gasteiger partial charge >= 0.3 is 0 Å². The summed E-state index contributed by atoms with van der Waals surface area (Å²) in [5.74, 6) is -0.269. The van der Waals surface area contributed by atoms with Gasteiger partial charge in [-0.25, -0.2) is 4.39 Å². The Balaban J connectivity index is 1.45. The van der Waals surface area contributed by atoms with Crippen LogP contribution in [0.1, 0.15) is 24.2 Å². The lowest BCUT2D eigenvalue weighted by atomic mass is 10.1. The van der Waals surface area contributed by atoms with Gasteiger partial charge in [0, 0.05) is 37.4 Å². The summed E-state index contributed by atoms with van der Waals surface area (Å²) in [4.78, 5) is 40.1. The van der Waals surface area contributed by atoms with Gasteiger partial charge in [0.2, 0.25) is 5.91 Å². The van der Waals surface area contributed by atoms with Crippen molar-refractivity contribution in [1.82, 2.24) is 9.80 Å². The Hall–Kier alpha value is -3.26. The number of carbonyl (C=O) groups is 3. The molecule has 0 bridgehead atoms. The summed E-state index contributed by atoms with van der Waals surface area (Å²) in [6.07, 6.45) is -0.685. The van der Waals surface area contributed by atoms with Crippen LogP contribution in [0.3, 0.4) is 0 Å². The maximum atomic E-state index is 13.0. The van der Waals surface area contributed by atoms with Crippen LogP contribution in [-0.2, 0) is 9.59 Å². The fraction of sp³-hybridized carbons (Fsp3) is 0.348. The van der Waals surface area contributed by atoms with Crippen molar-refractivity contribution >= 4 is 23.3 Å². The monoisotopic (exact) mass is 427 g/mol. The first kappa shape index (κ1) is 22.4. The van der Waals surface area contributed by atoms with Crippen LogP contribution < -0.4 is 10.1 Å². The lowest BCUT2D eigenvalue weighted by Crippen LogP contribution is -2.53. The van der Waals surface area contributed by atoms with Crippen LogP contribution in [0, 0.1) is 5.82 Å². The molecular formula is C23H26FN3O4.